The molecule has 14 rings (SSSR count). The summed E-state index contributed by atoms with van der Waals surface area (Å²) in [7, 11) is 0. The van der Waals surface area contributed by atoms with Crippen molar-refractivity contribution in [1.29, 1.82) is 0 Å². The van der Waals surface area contributed by atoms with Crippen molar-refractivity contribution < 1.29 is 0 Å². The highest BCUT2D eigenvalue weighted by Gasteiger charge is 2.46. The Morgan fingerprint density at radius 2 is 0.689 bits per heavy atom. The summed E-state index contributed by atoms with van der Waals surface area (Å²) in [5.74, 6) is 0. The van der Waals surface area contributed by atoms with Gasteiger partial charge in [0.2, 0.25) is 0 Å². The Labute approximate surface area is 432 Å². The van der Waals surface area contributed by atoms with Crippen LogP contribution in [0.25, 0.3) is 88.0 Å². The van der Waals surface area contributed by atoms with Crippen molar-refractivity contribution in [2.75, 3.05) is 4.90 Å². The minimum atomic E-state index is -0.494. The van der Waals surface area contributed by atoms with Crippen molar-refractivity contribution >= 4 is 49.4 Å². The van der Waals surface area contributed by atoms with Crippen molar-refractivity contribution in [3.8, 4) is 55.6 Å². The second-order valence-electron chi connectivity index (χ2n) is 19.5. The molecule has 0 unspecified atom stereocenters. The minimum absolute atomic E-state index is 0.494. The first-order chi connectivity index (χ1) is 36.7. The fraction of sp³-hybridized carbons (Fsp3) is 0.0137. The van der Waals surface area contributed by atoms with Gasteiger partial charge >= 0.3 is 0 Å². The van der Waals surface area contributed by atoms with Crippen molar-refractivity contribution in [1.82, 2.24) is 0 Å². The molecule has 0 spiro atoms. The zero-order valence-electron chi connectivity index (χ0n) is 40.7. The van der Waals surface area contributed by atoms with E-state index in [2.05, 4.69) is 302 Å². The van der Waals surface area contributed by atoms with E-state index in [4.69, 9.17) is 0 Å². The molecule has 0 saturated heterocycles. The molecule has 0 radical (unpaired) electrons. The number of rotatable bonds is 9. The second-order valence-corrected chi connectivity index (χ2v) is 19.5. The summed E-state index contributed by atoms with van der Waals surface area (Å²) < 4.78 is 0. The lowest BCUT2D eigenvalue weighted by atomic mass is 9.68. The smallest absolute Gasteiger partial charge is 0.0713 e. The highest BCUT2D eigenvalue weighted by molar-refractivity contribution is 6.22. The van der Waals surface area contributed by atoms with Crippen LogP contribution in [-0.2, 0) is 5.41 Å². The average Bonchev–Trinajstić information content (AvgIpc) is 3.78. The van der Waals surface area contributed by atoms with Crippen LogP contribution >= 0.6 is 0 Å². The molecule has 0 bridgehead atoms. The number of benzene rings is 13. The van der Waals surface area contributed by atoms with Gasteiger partial charge in [0.1, 0.15) is 0 Å². The fourth-order valence-corrected chi connectivity index (χ4v) is 12.3. The van der Waals surface area contributed by atoms with Gasteiger partial charge in [-0.15, -0.1) is 0 Å². The molecule has 0 saturated carbocycles. The van der Waals surface area contributed by atoms with E-state index in [1.54, 1.807) is 0 Å². The summed E-state index contributed by atoms with van der Waals surface area (Å²) >= 11 is 0. The zero-order valence-corrected chi connectivity index (χ0v) is 40.7. The van der Waals surface area contributed by atoms with Crippen molar-refractivity contribution in [2.45, 2.75) is 5.41 Å². The largest absolute Gasteiger partial charge is 0.310 e. The zero-order chi connectivity index (χ0) is 49.0. The Morgan fingerprint density at radius 1 is 0.230 bits per heavy atom. The highest BCUT2D eigenvalue weighted by Crippen LogP contribution is 2.57. The van der Waals surface area contributed by atoms with Crippen LogP contribution < -0.4 is 4.90 Å². The fourth-order valence-electron chi connectivity index (χ4n) is 12.3. The van der Waals surface area contributed by atoms with Gasteiger partial charge in [-0.2, -0.15) is 0 Å². The number of nitrogens with zero attached hydrogens (tertiary/aromatic N) is 1. The van der Waals surface area contributed by atoms with E-state index in [1.807, 2.05) is 0 Å². The van der Waals surface area contributed by atoms with E-state index in [0.717, 1.165) is 28.2 Å². The molecule has 0 aliphatic heterocycles. The van der Waals surface area contributed by atoms with E-state index >= 15 is 0 Å². The van der Waals surface area contributed by atoms with Gasteiger partial charge in [0.05, 0.1) is 5.41 Å². The van der Waals surface area contributed by atoms with E-state index < -0.39 is 5.41 Å². The standard InChI is InChI=1S/C73H49N/c1-5-23-51(24-6-1)71-66-39-16-15-37-63(66)64-44-42-54(48-68(64)72(71)52-25-7-2-8-26-52)53-28-19-34-58(46-53)74(59-35-20-29-55(47-59)62-40-21-27-50-22-13-14-36-61(50)62)60-43-45-70-67(49-60)65-38-17-18-41-69(65)73(70,56-30-9-3-10-31-56)57-32-11-4-12-33-57/h1-49H. The maximum absolute atomic E-state index is 2.46. The molecule has 1 nitrogen and oxygen atoms in total. The number of hydrogen-bond donors (Lipinski definition) is 0. The first-order valence-electron chi connectivity index (χ1n) is 25.7. The number of anilines is 3. The molecule has 13 aromatic rings. The third kappa shape index (κ3) is 7.00. The molecule has 0 N–H and O–H groups in total. The molecule has 1 aliphatic rings. The lowest BCUT2D eigenvalue weighted by molar-refractivity contribution is 0.768. The van der Waals surface area contributed by atoms with E-state index in [1.165, 1.54) is 99.1 Å². The van der Waals surface area contributed by atoms with Gasteiger partial charge in [-0.3, -0.25) is 0 Å². The average molecular weight is 940 g/mol. The molecule has 0 amide bonds. The van der Waals surface area contributed by atoms with Crippen molar-refractivity contribution in [3.63, 3.8) is 0 Å². The minimum Gasteiger partial charge on any atom is -0.310 e. The lowest BCUT2D eigenvalue weighted by Crippen LogP contribution is -2.28. The summed E-state index contributed by atoms with van der Waals surface area (Å²) in [5.41, 5.74) is 19.9. The van der Waals surface area contributed by atoms with Gasteiger partial charge in [0, 0.05) is 17.1 Å². The molecule has 1 heteroatoms. The van der Waals surface area contributed by atoms with Crippen molar-refractivity contribution in [3.05, 3.63) is 320 Å². The Bertz CT molecular complexity index is 4190. The Kier molecular flexibility index (Phi) is 10.5. The third-order valence-electron chi connectivity index (χ3n) is 15.5. The Balaban J connectivity index is 0.989. The maximum Gasteiger partial charge on any atom is 0.0713 e. The third-order valence-corrected chi connectivity index (χ3v) is 15.5. The Hall–Kier alpha value is -9.56. The quantitative estimate of drug-likeness (QED) is 0.130. The number of hydrogen-bond acceptors (Lipinski definition) is 1. The van der Waals surface area contributed by atoms with E-state index in [9.17, 15) is 0 Å². The first-order valence-corrected chi connectivity index (χ1v) is 25.7. The summed E-state index contributed by atoms with van der Waals surface area (Å²) in [4.78, 5) is 2.46. The van der Waals surface area contributed by atoms with Crippen LogP contribution in [0.2, 0.25) is 0 Å². The summed E-state index contributed by atoms with van der Waals surface area (Å²) in [5, 5.41) is 7.44. The predicted molar refractivity (Wildman–Crippen MR) is 313 cm³/mol. The molecule has 13 aromatic carbocycles. The SMILES string of the molecule is c1ccc(-c2c(-c3ccccc3)c3cc(-c4cccc(N(c5cccc(-c6cccc7ccccc67)c5)c5ccc6c(c5)-c5ccccc5C6(c5ccccc5)c5ccccc5)c4)ccc3c3ccccc23)cc1. The van der Waals surface area contributed by atoms with Crippen LogP contribution in [0.5, 0.6) is 0 Å². The summed E-state index contributed by atoms with van der Waals surface area (Å²) in [6, 6.07) is 110. The maximum atomic E-state index is 2.46. The topological polar surface area (TPSA) is 3.24 Å². The molecule has 0 heterocycles. The second kappa shape index (κ2) is 17.9. The first kappa shape index (κ1) is 43.2. The molecular formula is C73H49N. The monoisotopic (exact) mass is 939 g/mol. The van der Waals surface area contributed by atoms with Gasteiger partial charge in [-0.05, 0) is 153 Å². The summed E-state index contributed by atoms with van der Waals surface area (Å²) in [6.45, 7) is 0. The molecule has 0 atom stereocenters. The molecule has 74 heavy (non-hydrogen) atoms. The van der Waals surface area contributed by atoms with Gasteiger partial charge in [0.15, 0.2) is 0 Å². The van der Waals surface area contributed by atoms with Crippen LogP contribution in [0.3, 0.4) is 0 Å². The predicted octanol–water partition coefficient (Wildman–Crippen LogP) is 19.6. The summed E-state index contributed by atoms with van der Waals surface area (Å²) in [6.07, 6.45) is 0. The molecule has 1 aliphatic carbocycles. The van der Waals surface area contributed by atoms with Crippen LogP contribution in [0.1, 0.15) is 22.3 Å². The van der Waals surface area contributed by atoms with E-state index in [0.29, 0.717) is 0 Å². The van der Waals surface area contributed by atoms with Gasteiger partial charge in [-0.25, -0.2) is 0 Å². The molecular weight excluding hydrogens is 891 g/mol. The molecule has 346 valence electrons. The van der Waals surface area contributed by atoms with Crippen LogP contribution in [0.15, 0.2) is 297 Å². The normalized spacial score (nSPS) is 12.4. The van der Waals surface area contributed by atoms with Crippen LogP contribution in [0.4, 0.5) is 17.1 Å². The Morgan fingerprint density at radius 3 is 1.39 bits per heavy atom. The number of fused-ring (bicyclic) bond motifs is 7. The lowest BCUT2D eigenvalue weighted by Gasteiger charge is -2.34. The van der Waals surface area contributed by atoms with Crippen LogP contribution in [-0.4, -0.2) is 0 Å². The van der Waals surface area contributed by atoms with Crippen molar-refractivity contribution in [2.24, 2.45) is 0 Å². The van der Waals surface area contributed by atoms with Gasteiger partial charge in [0.25, 0.3) is 0 Å². The van der Waals surface area contributed by atoms with E-state index in [-0.39, 0.29) is 0 Å². The van der Waals surface area contributed by atoms with Gasteiger partial charge < -0.3 is 4.90 Å². The van der Waals surface area contributed by atoms with Gasteiger partial charge in [-0.1, -0.05) is 255 Å². The van der Waals surface area contributed by atoms with Crippen LogP contribution in [0, 0.1) is 0 Å². The molecule has 0 aromatic heterocycles. The highest BCUT2D eigenvalue weighted by atomic mass is 15.1. The molecule has 0 fully saturated rings.